The molecule has 1 rings (SSSR count). The molecule has 30 heavy (non-hydrogen) atoms. The molecule has 4 nitrogen and oxygen atoms in total. The summed E-state index contributed by atoms with van der Waals surface area (Å²) in [6, 6.07) is 5.19. The molecule has 0 N–H and O–H groups in total. The van der Waals surface area contributed by atoms with Crippen LogP contribution in [-0.2, 0) is 9.47 Å². The number of hydrogen-bond donors (Lipinski definition) is 0. The fourth-order valence-electron chi connectivity index (χ4n) is 2.88. The van der Waals surface area contributed by atoms with E-state index in [4.69, 9.17) is 4.74 Å². The maximum atomic E-state index is 12.4. The lowest BCUT2D eigenvalue weighted by Crippen LogP contribution is -2.30. The largest absolute Gasteiger partial charge is 0.462 e. The molecule has 1 aromatic rings. The van der Waals surface area contributed by atoms with Gasteiger partial charge in [-0.3, -0.25) is 0 Å². The number of carbonyl (C=O) groups is 2. The summed E-state index contributed by atoms with van der Waals surface area (Å²) in [4.78, 5) is 23.7. The Morgan fingerprint density at radius 3 is 1.70 bits per heavy atom. The van der Waals surface area contributed by atoms with Crippen molar-refractivity contribution in [2.75, 3.05) is 6.61 Å². The number of unbranched alkanes of at least 4 members (excludes halogenated alkanes) is 9. The third-order valence-corrected chi connectivity index (χ3v) is 4.83. The van der Waals surface area contributed by atoms with E-state index in [-0.39, 0.29) is 11.1 Å². The number of alkyl halides is 3. The van der Waals surface area contributed by atoms with E-state index in [9.17, 15) is 22.8 Å². The first kappa shape index (κ1) is 26.0. The fraction of sp³-hybridized carbons (Fsp3) is 0.652. The maximum absolute atomic E-state index is 12.4. The second-order valence-corrected chi connectivity index (χ2v) is 7.48. The molecule has 1 aromatic carbocycles. The number of rotatable bonds is 14. The molecule has 0 aliphatic rings. The van der Waals surface area contributed by atoms with Crippen LogP contribution in [-0.4, -0.2) is 30.8 Å². The molecule has 170 valence electrons. The Morgan fingerprint density at radius 2 is 1.23 bits per heavy atom. The lowest BCUT2D eigenvalue weighted by molar-refractivity contribution is -0.198. The molecule has 0 fully saturated rings. The topological polar surface area (TPSA) is 52.6 Å². The van der Waals surface area contributed by atoms with E-state index in [0.717, 1.165) is 26.2 Å². The number of carbonyl (C=O) groups excluding carboxylic acids is 2. The van der Waals surface area contributed by atoms with Crippen LogP contribution in [0.1, 0.15) is 98.8 Å². The first-order valence-corrected chi connectivity index (χ1v) is 10.8. The van der Waals surface area contributed by atoms with Crippen molar-refractivity contribution in [1.82, 2.24) is 0 Å². The molecule has 1 unspecified atom stereocenters. The first-order chi connectivity index (χ1) is 14.3. The van der Waals surface area contributed by atoms with Crippen LogP contribution < -0.4 is 0 Å². The van der Waals surface area contributed by atoms with Crippen molar-refractivity contribution in [3.8, 4) is 0 Å². The Kier molecular flexibility index (Phi) is 12.2. The monoisotopic (exact) mass is 430 g/mol. The van der Waals surface area contributed by atoms with Gasteiger partial charge in [-0.25, -0.2) is 9.59 Å². The Morgan fingerprint density at radius 1 is 0.800 bits per heavy atom. The predicted octanol–water partition coefficient (Wildman–Crippen LogP) is 6.87. The van der Waals surface area contributed by atoms with Gasteiger partial charge in [-0.15, -0.1) is 0 Å². The summed E-state index contributed by atoms with van der Waals surface area (Å²) in [5.74, 6) is -1.61. The van der Waals surface area contributed by atoms with E-state index in [1.807, 2.05) is 0 Å². The molecule has 0 radical (unpaired) electrons. The third kappa shape index (κ3) is 10.6. The smallest absolute Gasteiger partial charge is 0.425 e. The van der Waals surface area contributed by atoms with Gasteiger partial charge in [-0.05, 0) is 37.6 Å². The minimum atomic E-state index is -4.62. The highest BCUT2D eigenvalue weighted by atomic mass is 19.4. The number of ether oxygens (including phenoxy) is 2. The molecular formula is C23H33F3O4. The van der Waals surface area contributed by atoms with Crippen molar-refractivity contribution in [3.63, 3.8) is 0 Å². The van der Waals surface area contributed by atoms with Gasteiger partial charge < -0.3 is 9.47 Å². The van der Waals surface area contributed by atoms with Gasteiger partial charge in [0.05, 0.1) is 17.7 Å². The van der Waals surface area contributed by atoms with Gasteiger partial charge >= 0.3 is 18.1 Å². The predicted molar refractivity (Wildman–Crippen MR) is 110 cm³/mol. The highest BCUT2D eigenvalue weighted by Crippen LogP contribution is 2.23. The van der Waals surface area contributed by atoms with Crippen LogP contribution in [0.4, 0.5) is 13.2 Å². The van der Waals surface area contributed by atoms with Crippen molar-refractivity contribution in [2.24, 2.45) is 0 Å². The number of benzene rings is 1. The average molecular weight is 431 g/mol. The summed E-state index contributed by atoms with van der Waals surface area (Å²) < 4.78 is 46.9. The molecule has 0 aliphatic heterocycles. The number of hydrogen-bond acceptors (Lipinski definition) is 4. The minimum absolute atomic E-state index is 0.0580. The van der Waals surface area contributed by atoms with Gasteiger partial charge in [0.1, 0.15) is 0 Å². The zero-order valence-corrected chi connectivity index (χ0v) is 17.9. The standard InChI is InChI=1S/C23H33F3O4/c1-3-4-5-6-7-8-9-10-11-12-17-29-21(27)19-13-15-20(16-14-19)22(28)30-18(2)23(24,25)26/h13-16,18H,3-12,17H2,1-2H3. The third-order valence-electron chi connectivity index (χ3n) is 4.83. The molecule has 0 saturated heterocycles. The van der Waals surface area contributed by atoms with Crippen molar-refractivity contribution in [3.05, 3.63) is 35.4 Å². The zero-order chi connectivity index (χ0) is 22.4. The summed E-state index contributed by atoms with van der Waals surface area (Å²) in [6.07, 6.45) is 5.04. The van der Waals surface area contributed by atoms with E-state index in [1.54, 1.807) is 0 Å². The average Bonchev–Trinajstić information content (AvgIpc) is 2.71. The molecule has 0 heterocycles. The SMILES string of the molecule is CCCCCCCCCCCCOC(=O)c1ccc(C(=O)OC(C)C(F)(F)F)cc1. The van der Waals surface area contributed by atoms with Crippen LogP contribution in [0.3, 0.4) is 0 Å². The normalized spacial score (nSPS) is 12.4. The Bertz CT molecular complexity index is 626. The second-order valence-electron chi connectivity index (χ2n) is 7.48. The maximum Gasteiger partial charge on any atom is 0.425 e. The van der Waals surface area contributed by atoms with E-state index >= 15 is 0 Å². The summed E-state index contributed by atoms with van der Waals surface area (Å²) in [5, 5.41) is 0. The van der Waals surface area contributed by atoms with Crippen LogP contribution in [0.2, 0.25) is 0 Å². The van der Waals surface area contributed by atoms with Crippen molar-refractivity contribution in [2.45, 2.75) is 90.3 Å². The molecule has 1 atom stereocenters. The van der Waals surface area contributed by atoms with E-state index in [1.165, 1.54) is 69.2 Å². The minimum Gasteiger partial charge on any atom is -0.462 e. The number of esters is 2. The highest BCUT2D eigenvalue weighted by Gasteiger charge is 2.39. The zero-order valence-electron chi connectivity index (χ0n) is 17.9. The van der Waals surface area contributed by atoms with E-state index in [2.05, 4.69) is 11.7 Å². The van der Waals surface area contributed by atoms with Crippen LogP contribution in [0.15, 0.2) is 24.3 Å². The van der Waals surface area contributed by atoms with E-state index < -0.39 is 24.2 Å². The van der Waals surface area contributed by atoms with Crippen LogP contribution in [0.25, 0.3) is 0 Å². The van der Waals surface area contributed by atoms with Gasteiger partial charge in [0, 0.05) is 0 Å². The summed E-state index contributed by atoms with van der Waals surface area (Å²) in [6.45, 7) is 3.29. The lowest BCUT2D eigenvalue weighted by atomic mass is 10.1. The molecule has 0 amide bonds. The van der Waals surface area contributed by atoms with Crippen molar-refractivity contribution >= 4 is 11.9 Å². The first-order valence-electron chi connectivity index (χ1n) is 10.8. The van der Waals surface area contributed by atoms with Crippen molar-refractivity contribution < 1.29 is 32.2 Å². The molecular weight excluding hydrogens is 397 g/mol. The Labute approximate surface area is 177 Å². The van der Waals surface area contributed by atoms with E-state index in [0.29, 0.717) is 6.61 Å². The molecule has 7 heteroatoms. The quantitative estimate of drug-likeness (QED) is 0.239. The number of halogens is 3. The van der Waals surface area contributed by atoms with Crippen molar-refractivity contribution in [1.29, 1.82) is 0 Å². The molecule has 0 spiro atoms. The van der Waals surface area contributed by atoms with Crippen LogP contribution >= 0.6 is 0 Å². The molecule has 0 saturated carbocycles. The van der Waals surface area contributed by atoms with Gasteiger partial charge in [-0.2, -0.15) is 13.2 Å². The fourth-order valence-corrected chi connectivity index (χ4v) is 2.88. The van der Waals surface area contributed by atoms with Gasteiger partial charge in [0.2, 0.25) is 0 Å². The van der Waals surface area contributed by atoms with Gasteiger partial charge in [0.15, 0.2) is 6.10 Å². The van der Waals surface area contributed by atoms with Gasteiger partial charge in [-0.1, -0.05) is 64.7 Å². The highest BCUT2D eigenvalue weighted by molar-refractivity contribution is 5.93. The van der Waals surface area contributed by atoms with Gasteiger partial charge in [0.25, 0.3) is 0 Å². The second kappa shape index (κ2) is 14.0. The Balaban J connectivity index is 2.22. The lowest BCUT2D eigenvalue weighted by Gasteiger charge is -2.16. The summed E-state index contributed by atoms with van der Waals surface area (Å²) in [7, 11) is 0. The molecule has 0 bridgehead atoms. The van der Waals surface area contributed by atoms with Crippen LogP contribution in [0.5, 0.6) is 0 Å². The summed E-state index contributed by atoms with van der Waals surface area (Å²) in [5.41, 5.74) is 0.180. The van der Waals surface area contributed by atoms with Crippen LogP contribution in [0, 0.1) is 0 Å². The molecule has 0 aromatic heterocycles. The summed E-state index contributed by atoms with van der Waals surface area (Å²) >= 11 is 0. The Hall–Kier alpha value is -2.05. The molecule has 0 aliphatic carbocycles.